The van der Waals surface area contributed by atoms with E-state index in [0.29, 0.717) is 52.1 Å². The summed E-state index contributed by atoms with van der Waals surface area (Å²) in [4.78, 5) is 23.7. The fourth-order valence-electron chi connectivity index (χ4n) is 2.82. The van der Waals surface area contributed by atoms with Crippen molar-refractivity contribution in [2.75, 3.05) is 6.61 Å². The lowest BCUT2D eigenvalue weighted by Crippen LogP contribution is -2.08. The number of ether oxygens (including phenoxy) is 3. The second-order valence-corrected chi connectivity index (χ2v) is 7.60. The van der Waals surface area contributed by atoms with Gasteiger partial charge in [0, 0.05) is 28.3 Å². The van der Waals surface area contributed by atoms with Gasteiger partial charge in [-0.3, -0.25) is 0 Å². The van der Waals surface area contributed by atoms with Crippen molar-refractivity contribution in [3.8, 4) is 39.9 Å². The van der Waals surface area contributed by atoms with Gasteiger partial charge in [-0.25, -0.2) is 9.59 Å². The standard InChI is InChI=1S/C28H26O6/c1-6-7-14-31-23-15-21(16-24(17-23)33-28(30)19(4)5)26-13-12-25(34-26)20-8-10-22(11-9-20)32-27(29)18(2)3/h6-13,15-17H,2,4,14H2,1,3,5H3. The van der Waals surface area contributed by atoms with Crippen molar-refractivity contribution < 1.29 is 28.2 Å². The molecule has 6 nitrogen and oxygen atoms in total. The highest BCUT2D eigenvalue weighted by Crippen LogP contribution is 2.34. The third-order valence-electron chi connectivity index (χ3n) is 4.61. The summed E-state index contributed by atoms with van der Waals surface area (Å²) in [7, 11) is 0. The number of esters is 2. The van der Waals surface area contributed by atoms with E-state index >= 15 is 0 Å². The van der Waals surface area contributed by atoms with Gasteiger partial charge in [-0.1, -0.05) is 25.3 Å². The van der Waals surface area contributed by atoms with Crippen LogP contribution >= 0.6 is 0 Å². The number of benzene rings is 2. The zero-order chi connectivity index (χ0) is 24.7. The van der Waals surface area contributed by atoms with Crippen molar-refractivity contribution in [2.45, 2.75) is 20.8 Å². The first-order valence-corrected chi connectivity index (χ1v) is 10.6. The van der Waals surface area contributed by atoms with Crippen molar-refractivity contribution in [3.63, 3.8) is 0 Å². The zero-order valence-electron chi connectivity index (χ0n) is 19.4. The molecule has 2 aromatic carbocycles. The molecular formula is C28H26O6. The summed E-state index contributed by atoms with van der Waals surface area (Å²) in [5.41, 5.74) is 2.10. The average molecular weight is 459 g/mol. The minimum atomic E-state index is -0.524. The van der Waals surface area contributed by atoms with Crippen molar-refractivity contribution in [3.05, 3.63) is 91.1 Å². The second kappa shape index (κ2) is 11.0. The third kappa shape index (κ3) is 6.36. The van der Waals surface area contributed by atoms with E-state index in [1.54, 1.807) is 50.2 Å². The SMILES string of the molecule is C=C(C)C(=O)Oc1ccc(-c2ccc(-c3cc(OCC=CC)cc(OC(=O)C(=C)C)c3)o2)cc1. The Labute approximate surface area is 198 Å². The average Bonchev–Trinajstić information content (AvgIpc) is 3.30. The van der Waals surface area contributed by atoms with Crippen LogP contribution in [-0.4, -0.2) is 18.5 Å². The molecule has 0 aliphatic heterocycles. The Morgan fingerprint density at radius 3 is 1.94 bits per heavy atom. The van der Waals surface area contributed by atoms with E-state index in [1.165, 1.54) is 0 Å². The van der Waals surface area contributed by atoms with Gasteiger partial charge in [-0.05, 0) is 69.3 Å². The largest absolute Gasteiger partial charge is 0.489 e. The molecule has 1 aromatic heterocycles. The Hall–Kier alpha value is -4.32. The van der Waals surface area contributed by atoms with E-state index in [4.69, 9.17) is 18.6 Å². The summed E-state index contributed by atoms with van der Waals surface area (Å²) < 4.78 is 22.4. The van der Waals surface area contributed by atoms with Crippen LogP contribution in [0.1, 0.15) is 20.8 Å². The van der Waals surface area contributed by atoms with Crippen LogP contribution in [0.2, 0.25) is 0 Å². The molecule has 0 bridgehead atoms. The lowest BCUT2D eigenvalue weighted by atomic mass is 10.1. The van der Waals surface area contributed by atoms with E-state index in [1.807, 2.05) is 37.3 Å². The van der Waals surface area contributed by atoms with Gasteiger partial charge < -0.3 is 18.6 Å². The van der Waals surface area contributed by atoms with Crippen LogP contribution in [0.3, 0.4) is 0 Å². The molecule has 0 aliphatic carbocycles. The van der Waals surface area contributed by atoms with Gasteiger partial charge in [0.2, 0.25) is 0 Å². The molecule has 0 aliphatic rings. The molecule has 174 valence electrons. The van der Waals surface area contributed by atoms with Crippen LogP contribution in [0.15, 0.2) is 95.5 Å². The molecule has 0 amide bonds. The fourth-order valence-corrected chi connectivity index (χ4v) is 2.82. The Bertz CT molecular complexity index is 1240. The van der Waals surface area contributed by atoms with Gasteiger partial charge in [0.05, 0.1) is 0 Å². The van der Waals surface area contributed by atoms with Crippen LogP contribution in [-0.2, 0) is 9.59 Å². The number of rotatable bonds is 9. The molecule has 0 saturated carbocycles. The van der Waals surface area contributed by atoms with Crippen LogP contribution in [0.4, 0.5) is 0 Å². The molecule has 34 heavy (non-hydrogen) atoms. The third-order valence-corrected chi connectivity index (χ3v) is 4.61. The number of furan rings is 1. The van der Waals surface area contributed by atoms with E-state index in [9.17, 15) is 9.59 Å². The molecule has 0 unspecified atom stereocenters. The smallest absolute Gasteiger partial charge is 0.338 e. The first-order chi connectivity index (χ1) is 16.3. The molecule has 0 radical (unpaired) electrons. The Morgan fingerprint density at radius 1 is 0.794 bits per heavy atom. The van der Waals surface area contributed by atoms with Crippen LogP contribution in [0, 0.1) is 0 Å². The van der Waals surface area contributed by atoms with Gasteiger partial charge >= 0.3 is 11.9 Å². The topological polar surface area (TPSA) is 75.0 Å². The molecule has 0 spiro atoms. The lowest BCUT2D eigenvalue weighted by Gasteiger charge is -2.10. The van der Waals surface area contributed by atoms with E-state index < -0.39 is 11.9 Å². The second-order valence-electron chi connectivity index (χ2n) is 7.60. The fraction of sp³-hybridized carbons (Fsp3) is 0.143. The molecule has 0 N–H and O–H groups in total. The summed E-state index contributed by atoms with van der Waals surface area (Å²) in [6.07, 6.45) is 3.75. The molecule has 3 rings (SSSR count). The number of hydrogen-bond acceptors (Lipinski definition) is 6. The first-order valence-electron chi connectivity index (χ1n) is 10.6. The van der Waals surface area contributed by atoms with E-state index in [-0.39, 0.29) is 0 Å². The Kier molecular flexibility index (Phi) is 7.88. The zero-order valence-corrected chi connectivity index (χ0v) is 19.4. The Balaban J connectivity index is 1.86. The summed E-state index contributed by atoms with van der Waals surface area (Å²) >= 11 is 0. The number of hydrogen-bond donors (Lipinski definition) is 0. The first kappa shape index (κ1) is 24.3. The molecule has 6 heteroatoms. The summed E-state index contributed by atoms with van der Waals surface area (Å²) in [5, 5.41) is 0. The molecule has 1 heterocycles. The van der Waals surface area contributed by atoms with Crippen molar-refractivity contribution in [1.29, 1.82) is 0 Å². The molecule has 0 saturated heterocycles. The summed E-state index contributed by atoms with van der Waals surface area (Å²) in [6, 6.07) is 15.8. The highest BCUT2D eigenvalue weighted by Gasteiger charge is 2.13. The monoisotopic (exact) mass is 458 g/mol. The molecule has 3 aromatic rings. The maximum absolute atomic E-state index is 12.0. The van der Waals surface area contributed by atoms with Gasteiger partial charge in [-0.2, -0.15) is 0 Å². The molecular weight excluding hydrogens is 432 g/mol. The predicted molar refractivity (Wildman–Crippen MR) is 131 cm³/mol. The van der Waals surface area contributed by atoms with E-state index in [0.717, 1.165) is 5.56 Å². The van der Waals surface area contributed by atoms with Gasteiger partial charge in [0.15, 0.2) is 0 Å². The predicted octanol–water partition coefficient (Wildman–Crippen LogP) is 6.53. The Morgan fingerprint density at radius 2 is 1.35 bits per heavy atom. The lowest BCUT2D eigenvalue weighted by molar-refractivity contribution is -0.130. The maximum atomic E-state index is 12.0. The molecule has 0 atom stereocenters. The number of carbonyl (C=O) groups is 2. The van der Waals surface area contributed by atoms with Gasteiger partial charge in [-0.15, -0.1) is 0 Å². The van der Waals surface area contributed by atoms with Gasteiger partial charge in [0.1, 0.15) is 35.4 Å². The highest BCUT2D eigenvalue weighted by molar-refractivity contribution is 5.89. The van der Waals surface area contributed by atoms with Gasteiger partial charge in [0.25, 0.3) is 0 Å². The number of carbonyl (C=O) groups excluding carboxylic acids is 2. The minimum absolute atomic E-state index is 0.291. The summed E-state index contributed by atoms with van der Waals surface area (Å²) in [6.45, 7) is 12.6. The maximum Gasteiger partial charge on any atom is 0.338 e. The van der Waals surface area contributed by atoms with Crippen molar-refractivity contribution in [1.82, 2.24) is 0 Å². The highest BCUT2D eigenvalue weighted by atomic mass is 16.5. The summed E-state index contributed by atoms with van der Waals surface area (Å²) in [5.74, 6) is 1.45. The normalized spacial score (nSPS) is 10.7. The van der Waals surface area contributed by atoms with Crippen molar-refractivity contribution in [2.24, 2.45) is 0 Å². The minimum Gasteiger partial charge on any atom is -0.489 e. The molecule has 0 fully saturated rings. The quantitative estimate of drug-likeness (QED) is 0.157. The van der Waals surface area contributed by atoms with Crippen LogP contribution in [0.5, 0.6) is 17.2 Å². The van der Waals surface area contributed by atoms with Crippen molar-refractivity contribution >= 4 is 11.9 Å². The van der Waals surface area contributed by atoms with Crippen LogP contribution < -0.4 is 14.2 Å². The van der Waals surface area contributed by atoms with E-state index in [2.05, 4.69) is 13.2 Å². The van der Waals surface area contributed by atoms with Crippen LogP contribution in [0.25, 0.3) is 22.6 Å². The number of allylic oxidation sites excluding steroid dienone is 1.